The second kappa shape index (κ2) is 14.0. The van der Waals surface area contributed by atoms with Gasteiger partial charge in [-0.05, 0) is 18.9 Å². The van der Waals surface area contributed by atoms with Crippen LogP contribution in [0.25, 0.3) is 0 Å². The van der Waals surface area contributed by atoms with Crippen molar-refractivity contribution in [2.75, 3.05) is 0 Å². The van der Waals surface area contributed by atoms with Gasteiger partial charge in [0.2, 0.25) is 0 Å². The van der Waals surface area contributed by atoms with Crippen LogP contribution in [0, 0.1) is 0 Å². The van der Waals surface area contributed by atoms with Crippen LogP contribution in [0.2, 0.25) is 0 Å². The zero-order valence-electron chi connectivity index (χ0n) is 12.5. The summed E-state index contributed by atoms with van der Waals surface area (Å²) in [6.07, 6.45) is 8.51. The van der Waals surface area contributed by atoms with Crippen LogP contribution >= 0.6 is 0 Å². The molecular weight excluding hydrogens is 248 g/mol. The van der Waals surface area contributed by atoms with Gasteiger partial charge < -0.3 is 12.7 Å². The predicted molar refractivity (Wildman–Crippen MR) is 68.8 cm³/mol. The minimum Gasteiger partial charge on any atom is -1.00 e. The number of esters is 1. The van der Waals surface area contributed by atoms with Crippen molar-refractivity contribution in [1.82, 2.24) is 0 Å². The monoisotopic (exact) mass is 270 g/mol. The van der Waals surface area contributed by atoms with Crippen molar-refractivity contribution >= 4 is 49.7 Å². The molecule has 0 bridgehead atoms. The van der Waals surface area contributed by atoms with Crippen molar-refractivity contribution in [3.05, 3.63) is 12.3 Å². The Hall–Kier alpha value is -0.0603. The number of hydrogen-bond acceptors (Lipinski definition) is 3. The molecule has 0 saturated carbocycles. The molecule has 5 heteroatoms. The van der Waals surface area contributed by atoms with Crippen molar-refractivity contribution < 1.29 is 22.3 Å². The number of carboxylic acid groups (broad SMARTS) is 1. The third kappa shape index (κ3) is 15.9. The molecule has 0 radical (unpaired) electrons. The van der Waals surface area contributed by atoms with Gasteiger partial charge in [-0.3, -0.25) is 9.59 Å². The third-order valence-corrected chi connectivity index (χ3v) is 2.06. The van der Waals surface area contributed by atoms with E-state index in [1.807, 2.05) is 0 Å². The average molecular weight is 270 g/mol. The van der Waals surface area contributed by atoms with Crippen molar-refractivity contribution in [3.8, 4) is 0 Å². The molecule has 0 aliphatic rings. The van der Waals surface area contributed by atoms with Crippen LogP contribution in [0.1, 0.15) is 54.7 Å². The maximum Gasteiger partial charge on any atom is 2.00 e. The van der Waals surface area contributed by atoms with Gasteiger partial charge in [0.15, 0.2) is 0 Å². The molecule has 0 aromatic rings. The summed E-state index contributed by atoms with van der Waals surface area (Å²) in [7, 11) is 0. The van der Waals surface area contributed by atoms with E-state index >= 15 is 0 Å². The largest absolute Gasteiger partial charge is 2.00 e. The number of ether oxygens (including phenoxy) is 1. The van der Waals surface area contributed by atoms with Crippen molar-refractivity contribution in [2.24, 2.45) is 0 Å². The Labute approximate surface area is 135 Å². The van der Waals surface area contributed by atoms with Crippen LogP contribution < -0.4 is 0 Å². The number of allylic oxidation sites excluding steroid dienone is 1. The van der Waals surface area contributed by atoms with Gasteiger partial charge in [0.1, 0.15) is 0 Å². The molecule has 0 spiro atoms. The first kappa shape index (κ1) is 19.3. The van der Waals surface area contributed by atoms with Gasteiger partial charge in [-0.1, -0.05) is 26.2 Å². The molecule has 0 unspecified atom stereocenters. The Morgan fingerprint density at radius 1 is 1.24 bits per heavy atom. The number of carbonyl (C=O) groups excluding carboxylic acids is 1. The van der Waals surface area contributed by atoms with Crippen LogP contribution in [0.4, 0.5) is 0 Å². The molecule has 0 heterocycles. The average Bonchev–Trinajstić information content (AvgIpc) is 2.25. The number of unbranched alkanes of at least 4 members (excludes halogenated alkanes) is 4. The Balaban J connectivity index is -0.000000375. The number of aliphatic carboxylic acids is 1. The summed E-state index contributed by atoms with van der Waals surface area (Å²) in [5.41, 5.74) is 0. The zero-order chi connectivity index (χ0) is 12.2. The van der Waals surface area contributed by atoms with E-state index in [1.54, 1.807) is 6.08 Å². The fraction of sp³-hybridized carbons (Fsp3) is 0.667. The molecule has 0 atom stereocenters. The first-order valence-electron chi connectivity index (χ1n) is 5.73. The van der Waals surface area contributed by atoms with E-state index in [9.17, 15) is 9.59 Å². The molecule has 0 aliphatic carbocycles. The van der Waals surface area contributed by atoms with Crippen LogP contribution in [-0.2, 0) is 14.3 Å². The quantitative estimate of drug-likeness (QED) is 0.303. The second-order valence-electron chi connectivity index (χ2n) is 3.60. The third-order valence-electron chi connectivity index (χ3n) is 2.06. The van der Waals surface area contributed by atoms with Gasteiger partial charge in [-0.15, -0.1) is 0 Å². The maximum absolute atomic E-state index is 10.9. The van der Waals surface area contributed by atoms with Gasteiger partial charge in [0.05, 0.1) is 19.1 Å². The minimum absolute atomic E-state index is 0. The van der Waals surface area contributed by atoms with Gasteiger partial charge in [0.25, 0.3) is 0 Å². The summed E-state index contributed by atoms with van der Waals surface area (Å²) >= 11 is 0. The Bertz CT molecular complexity index is 248. The van der Waals surface area contributed by atoms with Gasteiger partial charge in [-0.2, -0.15) is 0 Å². The number of hydrogen-bond donors (Lipinski definition) is 1. The summed E-state index contributed by atoms with van der Waals surface area (Å²) in [6.45, 7) is 2.15. The summed E-state index contributed by atoms with van der Waals surface area (Å²) in [5, 5.41) is 8.33. The molecule has 0 rings (SSSR count). The van der Waals surface area contributed by atoms with Gasteiger partial charge >= 0.3 is 49.7 Å². The normalized spacial score (nSPS) is 9.94. The number of carboxylic acids is 1. The van der Waals surface area contributed by atoms with E-state index in [2.05, 4.69) is 6.92 Å². The van der Waals surface area contributed by atoms with Crippen LogP contribution in [0.3, 0.4) is 0 Å². The van der Waals surface area contributed by atoms with E-state index in [0.29, 0.717) is 0 Å². The number of carbonyl (C=O) groups is 2. The fourth-order valence-electron chi connectivity index (χ4n) is 1.15. The van der Waals surface area contributed by atoms with E-state index in [1.165, 1.54) is 25.5 Å². The van der Waals surface area contributed by atoms with Crippen LogP contribution in [-0.4, -0.2) is 54.8 Å². The van der Waals surface area contributed by atoms with E-state index in [0.717, 1.165) is 12.8 Å². The summed E-state index contributed by atoms with van der Waals surface area (Å²) < 4.78 is 4.72. The second-order valence-corrected chi connectivity index (χ2v) is 3.60. The molecule has 0 aromatic carbocycles. The Morgan fingerprint density at radius 2 is 1.94 bits per heavy atom. The molecule has 1 N–H and O–H groups in total. The van der Waals surface area contributed by atoms with Gasteiger partial charge in [-0.25, -0.2) is 0 Å². The van der Waals surface area contributed by atoms with Crippen molar-refractivity contribution in [2.45, 2.75) is 51.9 Å². The summed E-state index contributed by atoms with van der Waals surface area (Å²) in [5.74, 6) is -1.48. The van der Waals surface area contributed by atoms with Crippen LogP contribution in [0.15, 0.2) is 12.3 Å². The topological polar surface area (TPSA) is 63.6 Å². The molecular formula is C12H22CaO4. The molecule has 96 valence electrons. The SMILES string of the molecule is CCCCCCC=COC(=O)CCC(=O)O.[Ca+2].[H-].[H-]. The zero-order valence-corrected chi connectivity index (χ0v) is 12.7. The summed E-state index contributed by atoms with van der Waals surface area (Å²) in [6, 6.07) is 0. The van der Waals surface area contributed by atoms with E-state index in [4.69, 9.17) is 9.84 Å². The predicted octanol–water partition coefficient (Wildman–Crippen LogP) is 2.72. The molecule has 0 saturated heterocycles. The standard InChI is InChI=1S/C12H20O4.Ca.2H/c1-2-3-4-5-6-7-10-16-12(15)9-8-11(13)14;;;/h7,10H,2-6,8-9H2,1H3,(H,13,14);;;/q;+2;2*-1. The van der Waals surface area contributed by atoms with Gasteiger partial charge in [0, 0.05) is 0 Å². The van der Waals surface area contributed by atoms with Crippen LogP contribution in [0.5, 0.6) is 0 Å². The van der Waals surface area contributed by atoms with Crippen molar-refractivity contribution in [1.29, 1.82) is 0 Å². The Morgan fingerprint density at radius 3 is 2.53 bits per heavy atom. The minimum atomic E-state index is -0.986. The molecule has 0 aromatic heterocycles. The maximum atomic E-state index is 10.9. The fourth-order valence-corrected chi connectivity index (χ4v) is 1.15. The van der Waals surface area contributed by atoms with Crippen molar-refractivity contribution in [3.63, 3.8) is 0 Å². The first-order valence-corrected chi connectivity index (χ1v) is 5.73. The van der Waals surface area contributed by atoms with E-state index in [-0.39, 0.29) is 53.4 Å². The Kier molecular flexibility index (Phi) is 15.9. The molecule has 0 aliphatic heterocycles. The van der Waals surface area contributed by atoms with E-state index < -0.39 is 11.9 Å². The summed E-state index contributed by atoms with van der Waals surface area (Å²) in [4.78, 5) is 21.1. The first-order chi connectivity index (χ1) is 7.66. The smallest absolute Gasteiger partial charge is 1.00 e. The molecule has 17 heavy (non-hydrogen) atoms. The molecule has 0 amide bonds. The molecule has 4 nitrogen and oxygen atoms in total. The number of rotatable bonds is 9. The molecule has 0 fully saturated rings.